The molecule has 0 spiro atoms. The molecule has 1 saturated heterocycles. The zero-order valence-corrected chi connectivity index (χ0v) is 10.8. The predicted octanol–water partition coefficient (Wildman–Crippen LogP) is 2.57. The number of rotatable bonds is 2. The second kappa shape index (κ2) is 4.75. The van der Waals surface area contributed by atoms with E-state index in [1.165, 1.54) is 5.56 Å². The number of piperazine rings is 1. The Morgan fingerprint density at radius 2 is 1.94 bits per heavy atom. The van der Waals surface area contributed by atoms with Crippen LogP contribution in [0, 0.1) is 5.82 Å². The average Bonchev–Trinajstić information content (AvgIpc) is 2.28. The van der Waals surface area contributed by atoms with Crippen LogP contribution in [0.3, 0.4) is 0 Å². The lowest BCUT2D eigenvalue weighted by atomic mass is 9.95. The molecule has 0 aliphatic carbocycles. The Hall–Kier alpha value is -0.930. The van der Waals surface area contributed by atoms with Gasteiger partial charge in [0.25, 0.3) is 0 Å². The van der Waals surface area contributed by atoms with Crippen LogP contribution in [0.4, 0.5) is 4.39 Å². The first kappa shape index (κ1) is 12.5. The van der Waals surface area contributed by atoms with Gasteiger partial charge in [-0.05, 0) is 38.5 Å². The number of nitrogens with one attached hydrogen (secondary N) is 1. The van der Waals surface area contributed by atoms with Crippen molar-refractivity contribution in [3.8, 4) is 0 Å². The van der Waals surface area contributed by atoms with Crippen molar-refractivity contribution in [1.82, 2.24) is 10.2 Å². The summed E-state index contributed by atoms with van der Waals surface area (Å²) in [4.78, 5) is 2.48. The van der Waals surface area contributed by atoms with Gasteiger partial charge in [0, 0.05) is 31.2 Å². The van der Waals surface area contributed by atoms with Crippen molar-refractivity contribution in [3.63, 3.8) is 0 Å². The fourth-order valence-electron chi connectivity index (χ4n) is 2.64. The normalized spacial score (nSPS) is 22.4. The summed E-state index contributed by atoms with van der Waals surface area (Å²) in [7, 11) is 0. The van der Waals surface area contributed by atoms with E-state index in [2.05, 4.69) is 31.0 Å². The van der Waals surface area contributed by atoms with Crippen LogP contribution in [-0.2, 0) is 0 Å². The SMILES string of the molecule is CC(c1ccc(F)cc1)N1CCNCC1(C)C. The first-order valence-electron chi connectivity index (χ1n) is 6.24. The third-order valence-corrected chi connectivity index (χ3v) is 3.68. The molecule has 17 heavy (non-hydrogen) atoms. The molecule has 1 aliphatic heterocycles. The fourth-order valence-corrected chi connectivity index (χ4v) is 2.64. The molecule has 1 unspecified atom stereocenters. The number of nitrogens with zero attached hydrogens (tertiary/aromatic N) is 1. The van der Waals surface area contributed by atoms with Gasteiger partial charge in [-0.25, -0.2) is 4.39 Å². The van der Waals surface area contributed by atoms with Crippen molar-refractivity contribution in [2.75, 3.05) is 19.6 Å². The molecule has 1 aromatic carbocycles. The van der Waals surface area contributed by atoms with Gasteiger partial charge in [0.1, 0.15) is 5.82 Å². The Morgan fingerprint density at radius 1 is 1.29 bits per heavy atom. The van der Waals surface area contributed by atoms with Gasteiger partial charge in [0.05, 0.1) is 0 Å². The fraction of sp³-hybridized carbons (Fsp3) is 0.571. The van der Waals surface area contributed by atoms with E-state index >= 15 is 0 Å². The highest BCUT2D eigenvalue weighted by Crippen LogP contribution is 2.28. The van der Waals surface area contributed by atoms with Gasteiger partial charge in [0.15, 0.2) is 0 Å². The second-order valence-electron chi connectivity index (χ2n) is 5.41. The van der Waals surface area contributed by atoms with Crippen molar-refractivity contribution in [1.29, 1.82) is 0 Å². The van der Waals surface area contributed by atoms with E-state index in [9.17, 15) is 4.39 Å². The molecule has 1 atom stereocenters. The van der Waals surface area contributed by atoms with Crippen LogP contribution in [0.15, 0.2) is 24.3 Å². The van der Waals surface area contributed by atoms with E-state index in [1.807, 2.05) is 12.1 Å². The average molecular weight is 236 g/mol. The van der Waals surface area contributed by atoms with E-state index in [1.54, 1.807) is 12.1 Å². The molecule has 0 radical (unpaired) electrons. The topological polar surface area (TPSA) is 15.3 Å². The van der Waals surface area contributed by atoms with Crippen LogP contribution < -0.4 is 5.32 Å². The Bertz CT molecular complexity index is 372. The molecule has 1 aromatic rings. The maximum Gasteiger partial charge on any atom is 0.123 e. The van der Waals surface area contributed by atoms with Gasteiger partial charge >= 0.3 is 0 Å². The Kier molecular flexibility index (Phi) is 3.50. The maximum atomic E-state index is 12.9. The van der Waals surface area contributed by atoms with Crippen molar-refractivity contribution in [2.45, 2.75) is 32.4 Å². The lowest BCUT2D eigenvalue weighted by Crippen LogP contribution is -2.58. The van der Waals surface area contributed by atoms with E-state index in [4.69, 9.17) is 0 Å². The van der Waals surface area contributed by atoms with E-state index in [0.717, 1.165) is 19.6 Å². The minimum atomic E-state index is -0.166. The van der Waals surface area contributed by atoms with Crippen LogP contribution in [0.1, 0.15) is 32.4 Å². The summed E-state index contributed by atoms with van der Waals surface area (Å²) in [5.41, 5.74) is 1.33. The lowest BCUT2D eigenvalue weighted by Gasteiger charge is -2.46. The Morgan fingerprint density at radius 3 is 2.53 bits per heavy atom. The highest BCUT2D eigenvalue weighted by molar-refractivity contribution is 5.20. The van der Waals surface area contributed by atoms with Crippen molar-refractivity contribution >= 4 is 0 Å². The van der Waals surface area contributed by atoms with Gasteiger partial charge in [-0.2, -0.15) is 0 Å². The first-order valence-corrected chi connectivity index (χ1v) is 6.24. The van der Waals surface area contributed by atoms with E-state index in [0.29, 0.717) is 6.04 Å². The van der Waals surface area contributed by atoms with Crippen molar-refractivity contribution < 1.29 is 4.39 Å². The van der Waals surface area contributed by atoms with Crippen LogP contribution in [0.2, 0.25) is 0 Å². The molecular formula is C14H21FN2. The smallest absolute Gasteiger partial charge is 0.123 e. The van der Waals surface area contributed by atoms with Crippen LogP contribution in [-0.4, -0.2) is 30.1 Å². The summed E-state index contributed by atoms with van der Waals surface area (Å²) in [6.45, 7) is 9.75. The molecule has 2 nitrogen and oxygen atoms in total. The highest BCUT2D eigenvalue weighted by Gasteiger charge is 2.33. The molecule has 0 saturated carbocycles. The second-order valence-corrected chi connectivity index (χ2v) is 5.41. The third-order valence-electron chi connectivity index (χ3n) is 3.68. The quantitative estimate of drug-likeness (QED) is 0.849. The minimum absolute atomic E-state index is 0.145. The van der Waals surface area contributed by atoms with Gasteiger partial charge in [0.2, 0.25) is 0 Å². The molecule has 94 valence electrons. The zero-order valence-electron chi connectivity index (χ0n) is 10.8. The zero-order chi connectivity index (χ0) is 12.5. The van der Waals surface area contributed by atoms with E-state index < -0.39 is 0 Å². The summed E-state index contributed by atoms with van der Waals surface area (Å²) in [6.07, 6.45) is 0. The van der Waals surface area contributed by atoms with Crippen LogP contribution in [0.25, 0.3) is 0 Å². The first-order chi connectivity index (χ1) is 8.00. The summed E-state index contributed by atoms with van der Waals surface area (Å²) in [5, 5.41) is 3.42. The predicted molar refractivity (Wildman–Crippen MR) is 68.5 cm³/mol. The molecule has 1 fully saturated rings. The molecule has 1 heterocycles. The number of hydrogen-bond acceptors (Lipinski definition) is 2. The van der Waals surface area contributed by atoms with E-state index in [-0.39, 0.29) is 11.4 Å². The minimum Gasteiger partial charge on any atom is -0.314 e. The maximum absolute atomic E-state index is 12.9. The summed E-state index contributed by atoms with van der Waals surface area (Å²) >= 11 is 0. The number of benzene rings is 1. The molecule has 0 aromatic heterocycles. The molecule has 2 rings (SSSR count). The summed E-state index contributed by atoms with van der Waals surface area (Å²) < 4.78 is 12.9. The third kappa shape index (κ3) is 2.67. The van der Waals surface area contributed by atoms with Crippen LogP contribution in [0.5, 0.6) is 0 Å². The Balaban J connectivity index is 2.18. The summed E-state index contributed by atoms with van der Waals surface area (Å²) in [6, 6.07) is 7.19. The molecule has 0 bridgehead atoms. The molecule has 3 heteroatoms. The Labute approximate surface area is 103 Å². The number of hydrogen-bond donors (Lipinski definition) is 1. The largest absolute Gasteiger partial charge is 0.314 e. The van der Waals surface area contributed by atoms with Crippen LogP contribution >= 0.6 is 0 Å². The van der Waals surface area contributed by atoms with Crippen molar-refractivity contribution in [3.05, 3.63) is 35.6 Å². The molecule has 1 N–H and O–H groups in total. The standard InChI is InChI=1S/C14H21FN2/c1-11(12-4-6-13(15)7-5-12)17-9-8-16-10-14(17,2)3/h4-7,11,16H,8-10H2,1-3H3. The summed E-state index contributed by atoms with van der Waals surface area (Å²) in [5.74, 6) is -0.166. The molecular weight excluding hydrogens is 215 g/mol. The van der Waals surface area contributed by atoms with Crippen molar-refractivity contribution in [2.24, 2.45) is 0 Å². The van der Waals surface area contributed by atoms with Gasteiger partial charge < -0.3 is 5.32 Å². The molecule has 1 aliphatic rings. The molecule has 0 amide bonds. The monoisotopic (exact) mass is 236 g/mol. The van der Waals surface area contributed by atoms with Gasteiger partial charge in [-0.1, -0.05) is 12.1 Å². The highest BCUT2D eigenvalue weighted by atomic mass is 19.1. The lowest BCUT2D eigenvalue weighted by molar-refractivity contribution is 0.0516. The number of halogens is 1. The van der Waals surface area contributed by atoms with Gasteiger partial charge in [-0.15, -0.1) is 0 Å². The van der Waals surface area contributed by atoms with Gasteiger partial charge in [-0.3, -0.25) is 4.90 Å².